The number of aliphatic imine (C=N–C) groups is 2. The van der Waals surface area contributed by atoms with Gasteiger partial charge in [-0.3, -0.25) is 9.98 Å². The van der Waals surface area contributed by atoms with E-state index < -0.39 is 0 Å². The lowest BCUT2D eigenvalue weighted by Gasteiger charge is -2.11. The molecule has 0 N–H and O–H groups in total. The fraction of sp³-hybridized carbons (Fsp3) is 0.600. The topological polar surface area (TPSA) is 24.7 Å². The summed E-state index contributed by atoms with van der Waals surface area (Å²) in [5.41, 5.74) is 7.60. The summed E-state index contributed by atoms with van der Waals surface area (Å²) in [6.45, 7) is 12.8. The van der Waals surface area contributed by atoms with Crippen LogP contribution in [-0.4, -0.2) is 25.5 Å². The lowest BCUT2D eigenvalue weighted by atomic mass is 9.96. The van der Waals surface area contributed by atoms with E-state index in [0.29, 0.717) is 0 Å². The summed E-state index contributed by atoms with van der Waals surface area (Å²) >= 11 is 0. The van der Waals surface area contributed by atoms with Crippen LogP contribution in [0.5, 0.6) is 0 Å². The Bertz CT molecular complexity index is 355. The molecule has 0 saturated carbocycles. The standard InChI is InChI=1S/C15H26N2/c1-10(12(3)14(5)16-7)9-11(2)13(4)15(6)17-8/h9H2,1-8H3/b12-10+,13-11+,16-14-,17-15-. The molecule has 0 aliphatic heterocycles. The predicted molar refractivity (Wildman–Crippen MR) is 79.4 cm³/mol. The SMILES string of the molecule is C/N=C(C)\C(C)=C(/C)C/C(C)=C(C)/C(C)=N\C. The van der Waals surface area contributed by atoms with E-state index >= 15 is 0 Å². The van der Waals surface area contributed by atoms with Crippen molar-refractivity contribution in [3.8, 4) is 0 Å². The van der Waals surface area contributed by atoms with Gasteiger partial charge in [-0.05, 0) is 59.1 Å². The molecule has 0 aromatic carbocycles. The molecule has 0 atom stereocenters. The second-order valence-electron chi connectivity index (χ2n) is 4.61. The Morgan fingerprint density at radius 2 is 0.941 bits per heavy atom. The second kappa shape index (κ2) is 7.21. The summed E-state index contributed by atoms with van der Waals surface area (Å²) in [6, 6.07) is 0. The summed E-state index contributed by atoms with van der Waals surface area (Å²) in [7, 11) is 3.68. The van der Waals surface area contributed by atoms with Gasteiger partial charge in [-0.25, -0.2) is 0 Å². The van der Waals surface area contributed by atoms with Crippen LogP contribution in [0.1, 0.15) is 48.0 Å². The van der Waals surface area contributed by atoms with E-state index in [1.54, 1.807) is 0 Å². The molecule has 0 bridgehead atoms. The fourth-order valence-corrected chi connectivity index (χ4v) is 1.62. The largest absolute Gasteiger partial charge is 0.293 e. The highest BCUT2D eigenvalue weighted by Crippen LogP contribution is 2.18. The second-order valence-corrected chi connectivity index (χ2v) is 4.61. The van der Waals surface area contributed by atoms with E-state index in [1.807, 2.05) is 14.1 Å². The lowest BCUT2D eigenvalue weighted by Crippen LogP contribution is -2.01. The number of rotatable bonds is 4. The molecule has 0 aromatic rings. The van der Waals surface area contributed by atoms with Gasteiger partial charge in [-0.2, -0.15) is 0 Å². The zero-order valence-corrected chi connectivity index (χ0v) is 12.6. The van der Waals surface area contributed by atoms with Crippen LogP contribution in [0.4, 0.5) is 0 Å². The first-order chi connectivity index (χ1) is 7.84. The van der Waals surface area contributed by atoms with Crippen molar-refractivity contribution in [1.29, 1.82) is 0 Å². The van der Waals surface area contributed by atoms with Crippen molar-refractivity contribution in [2.75, 3.05) is 14.1 Å². The summed E-state index contributed by atoms with van der Waals surface area (Å²) in [5.74, 6) is 0. The molecule has 0 radical (unpaired) electrons. The molecule has 2 nitrogen and oxygen atoms in total. The van der Waals surface area contributed by atoms with Crippen molar-refractivity contribution in [1.82, 2.24) is 0 Å². The molecular formula is C15H26N2. The average Bonchev–Trinajstić information content (AvgIpc) is 2.34. The van der Waals surface area contributed by atoms with Gasteiger partial charge in [0.15, 0.2) is 0 Å². The van der Waals surface area contributed by atoms with E-state index in [-0.39, 0.29) is 0 Å². The van der Waals surface area contributed by atoms with Gasteiger partial charge in [0.1, 0.15) is 0 Å². The first-order valence-electron chi connectivity index (χ1n) is 6.05. The highest BCUT2D eigenvalue weighted by Gasteiger charge is 2.05. The van der Waals surface area contributed by atoms with Crippen molar-refractivity contribution in [3.63, 3.8) is 0 Å². The molecule has 0 saturated heterocycles. The highest BCUT2D eigenvalue weighted by molar-refractivity contribution is 5.99. The van der Waals surface area contributed by atoms with E-state index in [9.17, 15) is 0 Å². The van der Waals surface area contributed by atoms with E-state index in [2.05, 4.69) is 51.5 Å². The van der Waals surface area contributed by atoms with Crippen molar-refractivity contribution in [3.05, 3.63) is 22.3 Å². The molecule has 0 rings (SSSR count). The molecule has 0 aliphatic carbocycles. The van der Waals surface area contributed by atoms with Gasteiger partial charge < -0.3 is 0 Å². The van der Waals surface area contributed by atoms with Crippen molar-refractivity contribution >= 4 is 11.4 Å². The van der Waals surface area contributed by atoms with Crippen LogP contribution < -0.4 is 0 Å². The molecular weight excluding hydrogens is 208 g/mol. The summed E-state index contributed by atoms with van der Waals surface area (Å²) in [5, 5.41) is 0. The maximum Gasteiger partial charge on any atom is 0.0342 e. The van der Waals surface area contributed by atoms with Crippen LogP contribution in [0.3, 0.4) is 0 Å². The minimum absolute atomic E-state index is 0.997. The minimum Gasteiger partial charge on any atom is -0.293 e. The molecule has 0 aliphatic rings. The van der Waals surface area contributed by atoms with Gasteiger partial charge in [0.25, 0.3) is 0 Å². The molecule has 0 fully saturated rings. The summed E-state index contributed by atoms with van der Waals surface area (Å²) < 4.78 is 0. The molecule has 0 spiro atoms. The Morgan fingerprint density at radius 3 is 1.18 bits per heavy atom. The Kier molecular flexibility index (Phi) is 6.71. The fourth-order valence-electron chi connectivity index (χ4n) is 1.62. The van der Waals surface area contributed by atoms with E-state index in [1.165, 1.54) is 22.3 Å². The van der Waals surface area contributed by atoms with Crippen LogP contribution in [-0.2, 0) is 0 Å². The van der Waals surface area contributed by atoms with Crippen molar-refractivity contribution < 1.29 is 0 Å². The zero-order chi connectivity index (χ0) is 13.6. The van der Waals surface area contributed by atoms with Gasteiger partial charge in [0, 0.05) is 25.5 Å². The Balaban J connectivity index is 5.12. The van der Waals surface area contributed by atoms with Gasteiger partial charge in [-0.15, -0.1) is 0 Å². The van der Waals surface area contributed by atoms with Crippen LogP contribution in [0, 0.1) is 0 Å². The smallest absolute Gasteiger partial charge is 0.0342 e. The van der Waals surface area contributed by atoms with Crippen molar-refractivity contribution in [2.24, 2.45) is 9.98 Å². The Morgan fingerprint density at radius 1 is 0.647 bits per heavy atom. The first-order valence-corrected chi connectivity index (χ1v) is 6.05. The predicted octanol–water partition coefficient (Wildman–Crippen LogP) is 4.23. The third-order valence-electron chi connectivity index (χ3n) is 3.57. The molecule has 0 amide bonds. The normalized spacial score (nSPS) is 16.7. The number of hydrogen-bond acceptors (Lipinski definition) is 2. The van der Waals surface area contributed by atoms with Crippen LogP contribution in [0.25, 0.3) is 0 Å². The number of hydrogen-bond donors (Lipinski definition) is 0. The molecule has 2 heteroatoms. The molecule has 96 valence electrons. The quantitative estimate of drug-likeness (QED) is 0.650. The molecule has 0 unspecified atom stereocenters. The van der Waals surface area contributed by atoms with Crippen LogP contribution >= 0.6 is 0 Å². The third-order valence-corrected chi connectivity index (χ3v) is 3.57. The number of nitrogens with zero attached hydrogens (tertiary/aromatic N) is 2. The molecule has 0 aromatic heterocycles. The summed E-state index contributed by atoms with van der Waals surface area (Å²) in [6.07, 6.45) is 0.997. The molecule has 17 heavy (non-hydrogen) atoms. The van der Waals surface area contributed by atoms with Crippen LogP contribution in [0.2, 0.25) is 0 Å². The van der Waals surface area contributed by atoms with E-state index in [0.717, 1.165) is 17.8 Å². The lowest BCUT2D eigenvalue weighted by molar-refractivity contribution is 1.06. The Labute approximate surface area is 106 Å². The van der Waals surface area contributed by atoms with Gasteiger partial charge in [0.05, 0.1) is 0 Å². The monoisotopic (exact) mass is 234 g/mol. The Hall–Kier alpha value is -1.18. The third kappa shape index (κ3) is 4.68. The molecule has 0 heterocycles. The van der Waals surface area contributed by atoms with Gasteiger partial charge >= 0.3 is 0 Å². The van der Waals surface area contributed by atoms with Gasteiger partial charge in [-0.1, -0.05) is 11.1 Å². The zero-order valence-electron chi connectivity index (χ0n) is 12.6. The average molecular weight is 234 g/mol. The van der Waals surface area contributed by atoms with Gasteiger partial charge in [0.2, 0.25) is 0 Å². The minimum atomic E-state index is 0.997. The van der Waals surface area contributed by atoms with E-state index in [4.69, 9.17) is 0 Å². The highest BCUT2D eigenvalue weighted by atomic mass is 14.7. The maximum absolute atomic E-state index is 4.23. The maximum atomic E-state index is 4.23. The summed E-state index contributed by atoms with van der Waals surface area (Å²) in [4.78, 5) is 8.46. The first kappa shape index (κ1) is 15.8. The van der Waals surface area contributed by atoms with Crippen molar-refractivity contribution in [2.45, 2.75) is 48.0 Å². The van der Waals surface area contributed by atoms with Crippen LogP contribution in [0.15, 0.2) is 32.3 Å². The number of allylic oxidation sites excluding steroid dienone is 4.